The Labute approximate surface area is 118 Å². The second-order valence-corrected chi connectivity index (χ2v) is 5.77. The van der Waals surface area contributed by atoms with E-state index in [-0.39, 0.29) is 5.84 Å². The molecular weight excluding hydrogens is 252 g/mol. The number of hydrogen-bond acceptors (Lipinski definition) is 2. The lowest BCUT2D eigenvalue weighted by atomic mass is 10.1. The van der Waals surface area contributed by atoms with Gasteiger partial charge in [0.05, 0.1) is 0 Å². The molecule has 0 aliphatic carbocycles. The molecule has 0 spiro atoms. The lowest BCUT2D eigenvalue weighted by Gasteiger charge is -2.06. The summed E-state index contributed by atoms with van der Waals surface area (Å²) < 4.78 is 0. The zero-order valence-electron chi connectivity index (χ0n) is 11.2. The summed E-state index contributed by atoms with van der Waals surface area (Å²) in [6.07, 6.45) is 0. The number of nitrogens with two attached hydrogens (primary N) is 1. The number of amidine groups is 1. The molecule has 0 atom stereocenters. The van der Waals surface area contributed by atoms with Crippen LogP contribution >= 0.6 is 11.8 Å². The minimum absolute atomic E-state index is 0.117. The van der Waals surface area contributed by atoms with Crippen molar-refractivity contribution >= 4 is 17.6 Å². The van der Waals surface area contributed by atoms with Gasteiger partial charge in [-0.2, -0.15) is 0 Å². The van der Waals surface area contributed by atoms with Crippen molar-refractivity contribution in [2.24, 2.45) is 5.73 Å². The Morgan fingerprint density at radius 1 is 1.05 bits per heavy atom. The fourth-order valence-electron chi connectivity index (χ4n) is 2.05. The number of nitrogen functional groups attached to an aromatic ring is 1. The fraction of sp³-hybridized carbons (Fsp3) is 0.188. The van der Waals surface area contributed by atoms with Crippen LogP contribution in [0.4, 0.5) is 0 Å². The monoisotopic (exact) mass is 270 g/mol. The summed E-state index contributed by atoms with van der Waals surface area (Å²) in [5.41, 5.74) is 10.2. The van der Waals surface area contributed by atoms with E-state index in [0.29, 0.717) is 0 Å². The van der Waals surface area contributed by atoms with Gasteiger partial charge in [0, 0.05) is 16.2 Å². The van der Waals surface area contributed by atoms with Crippen LogP contribution in [0.25, 0.3) is 0 Å². The van der Waals surface area contributed by atoms with E-state index in [9.17, 15) is 0 Å². The Bertz CT molecular complexity index is 568. The quantitative estimate of drug-likeness (QED) is 0.503. The van der Waals surface area contributed by atoms with Gasteiger partial charge in [0.15, 0.2) is 0 Å². The molecule has 0 radical (unpaired) electrons. The van der Waals surface area contributed by atoms with E-state index >= 15 is 0 Å². The summed E-state index contributed by atoms with van der Waals surface area (Å²) >= 11 is 1.80. The standard InChI is InChI=1S/C16H18N2S/c1-11-7-12(2)9-13(8-11)10-19-15-5-3-14(4-6-15)16(17)18/h3-9H,10H2,1-2H3,(H3,17,18). The molecule has 0 amide bonds. The third-order valence-electron chi connectivity index (χ3n) is 2.85. The molecule has 0 bridgehead atoms. The molecule has 2 nitrogen and oxygen atoms in total. The van der Waals surface area contributed by atoms with Crippen LogP contribution in [0.1, 0.15) is 22.3 Å². The van der Waals surface area contributed by atoms with Crippen LogP contribution in [0.5, 0.6) is 0 Å². The molecule has 3 heteroatoms. The van der Waals surface area contributed by atoms with E-state index in [0.717, 1.165) is 11.3 Å². The largest absolute Gasteiger partial charge is 0.384 e. The number of hydrogen-bond donors (Lipinski definition) is 2. The summed E-state index contributed by atoms with van der Waals surface area (Å²) in [6.45, 7) is 4.26. The first-order valence-corrected chi connectivity index (χ1v) is 7.17. The minimum Gasteiger partial charge on any atom is -0.384 e. The molecule has 0 heterocycles. The molecule has 2 rings (SSSR count). The molecule has 19 heavy (non-hydrogen) atoms. The molecule has 0 saturated carbocycles. The highest BCUT2D eigenvalue weighted by Gasteiger charge is 2.00. The van der Waals surface area contributed by atoms with Gasteiger partial charge >= 0.3 is 0 Å². The fourth-order valence-corrected chi connectivity index (χ4v) is 2.88. The van der Waals surface area contributed by atoms with Crippen molar-refractivity contribution in [3.05, 3.63) is 64.7 Å². The Hall–Kier alpha value is -1.74. The highest BCUT2D eigenvalue weighted by Crippen LogP contribution is 2.24. The van der Waals surface area contributed by atoms with E-state index in [4.69, 9.17) is 11.1 Å². The summed E-state index contributed by atoms with van der Waals surface area (Å²) in [7, 11) is 0. The normalized spacial score (nSPS) is 10.4. The van der Waals surface area contributed by atoms with Crippen LogP contribution < -0.4 is 5.73 Å². The van der Waals surface area contributed by atoms with E-state index in [1.807, 2.05) is 24.3 Å². The Kier molecular flexibility index (Phi) is 4.27. The first kappa shape index (κ1) is 13.7. The van der Waals surface area contributed by atoms with Gasteiger partial charge in [-0.1, -0.05) is 41.5 Å². The number of thioether (sulfide) groups is 1. The maximum atomic E-state index is 7.36. The molecular formula is C16H18N2S. The maximum absolute atomic E-state index is 7.36. The highest BCUT2D eigenvalue weighted by molar-refractivity contribution is 7.98. The first-order chi connectivity index (χ1) is 9.04. The van der Waals surface area contributed by atoms with Gasteiger partial charge in [0.25, 0.3) is 0 Å². The van der Waals surface area contributed by atoms with Gasteiger partial charge in [-0.05, 0) is 31.5 Å². The van der Waals surface area contributed by atoms with Crippen LogP contribution in [0, 0.1) is 19.3 Å². The van der Waals surface area contributed by atoms with Crippen LogP contribution in [0.15, 0.2) is 47.4 Å². The molecule has 3 N–H and O–H groups in total. The summed E-state index contributed by atoms with van der Waals surface area (Å²) in [5, 5.41) is 7.36. The lowest BCUT2D eigenvalue weighted by molar-refractivity contribution is 1.29. The smallest absolute Gasteiger partial charge is 0.122 e. The average Bonchev–Trinajstić information content (AvgIpc) is 2.36. The zero-order valence-corrected chi connectivity index (χ0v) is 12.1. The Morgan fingerprint density at radius 2 is 1.63 bits per heavy atom. The molecule has 0 saturated heterocycles. The Morgan fingerprint density at radius 3 is 2.16 bits per heavy atom. The zero-order chi connectivity index (χ0) is 13.8. The van der Waals surface area contributed by atoms with Crippen molar-refractivity contribution in [3.8, 4) is 0 Å². The first-order valence-electron chi connectivity index (χ1n) is 6.19. The van der Waals surface area contributed by atoms with Crippen LogP contribution in [-0.2, 0) is 5.75 Å². The van der Waals surface area contributed by atoms with E-state index < -0.39 is 0 Å². The Balaban J connectivity index is 2.03. The lowest BCUT2D eigenvalue weighted by Crippen LogP contribution is -2.10. The van der Waals surface area contributed by atoms with Crippen molar-refractivity contribution < 1.29 is 0 Å². The van der Waals surface area contributed by atoms with E-state index in [1.54, 1.807) is 11.8 Å². The predicted octanol–water partition coefficient (Wildman–Crippen LogP) is 3.88. The number of aryl methyl sites for hydroxylation is 2. The van der Waals surface area contributed by atoms with Crippen molar-refractivity contribution in [3.63, 3.8) is 0 Å². The highest BCUT2D eigenvalue weighted by atomic mass is 32.2. The molecule has 2 aromatic rings. The predicted molar refractivity (Wildman–Crippen MR) is 82.9 cm³/mol. The molecule has 0 unspecified atom stereocenters. The number of nitrogens with one attached hydrogen (secondary N) is 1. The van der Waals surface area contributed by atoms with Crippen LogP contribution in [-0.4, -0.2) is 5.84 Å². The number of benzene rings is 2. The number of rotatable bonds is 4. The molecule has 98 valence electrons. The SMILES string of the molecule is Cc1cc(C)cc(CSc2ccc(C(=N)N)cc2)c1. The molecule has 0 aliphatic heterocycles. The van der Waals surface area contributed by atoms with Crippen molar-refractivity contribution in [1.29, 1.82) is 5.41 Å². The van der Waals surface area contributed by atoms with Gasteiger partial charge in [-0.25, -0.2) is 0 Å². The molecule has 0 aliphatic rings. The van der Waals surface area contributed by atoms with Gasteiger partial charge in [0.1, 0.15) is 5.84 Å². The summed E-state index contributed by atoms with van der Waals surface area (Å²) in [6, 6.07) is 14.5. The van der Waals surface area contributed by atoms with Crippen molar-refractivity contribution in [1.82, 2.24) is 0 Å². The molecule has 0 aromatic heterocycles. The van der Waals surface area contributed by atoms with Crippen LogP contribution in [0.2, 0.25) is 0 Å². The average molecular weight is 270 g/mol. The van der Waals surface area contributed by atoms with Crippen molar-refractivity contribution in [2.75, 3.05) is 0 Å². The maximum Gasteiger partial charge on any atom is 0.122 e. The van der Waals surface area contributed by atoms with Gasteiger partial charge in [0.2, 0.25) is 0 Å². The van der Waals surface area contributed by atoms with E-state index in [2.05, 4.69) is 32.0 Å². The third kappa shape index (κ3) is 3.86. The van der Waals surface area contributed by atoms with Gasteiger partial charge < -0.3 is 5.73 Å². The summed E-state index contributed by atoms with van der Waals surface area (Å²) in [4.78, 5) is 1.20. The van der Waals surface area contributed by atoms with Crippen LogP contribution in [0.3, 0.4) is 0 Å². The summed E-state index contributed by atoms with van der Waals surface area (Å²) in [5.74, 6) is 1.08. The third-order valence-corrected chi connectivity index (χ3v) is 3.94. The molecule has 0 fully saturated rings. The second kappa shape index (κ2) is 5.93. The molecule has 2 aromatic carbocycles. The minimum atomic E-state index is 0.117. The topological polar surface area (TPSA) is 49.9 Å². The van der Waals surface area contributed by atoms with Crippen molar-refractivity contribution in [2.45, 2.75) is 24.5 Å². The second-order valence-electron chi connectivity index (χ2n) is 4.72. The van der Waals surface area contributed by atoms with Gasteiger partial charge in [-0.15, -0.1) is 11.8 Å². The van der Waals surface area contributed by atoms with E-state index in [1.165, 1.54) is 21.6 Å². The van der Waals surface area contributed by atoms with Gasteiger partial charge in [-0.3, -0.25) is 5.41 Å².